The molecule has 5 heteroatoms. The van der Waals surface area contributed by atoms with E-state index in [0.29, 0.717) is 23.8 Å². The van der Waals surface area contributed by atoms with Crippen LogP contribution in [0.15, 0.2) is 41.0 Å². The standard InChI is InChI=1S/C16H14N2O3/c19-15-13-6-5-11(8-14(13)17-16(15)20)18(10-3-4-10)9-12-2-1-7-21-12/h1-2,5-8,10H,3-4,9H2,(H,17,19,20). The van der Waals surface area contributed by atoms with Crippen molar-refractivity contribution >= 4 is 23.1 Å². The zero-order chi connectivity index (χ0) is 14.4. The van der Waals surface area contributed by atoms with Crippen LogP contribution in [-0.4, -0.2) is 17.7 Å². The third-order valence-electron chi connectivity index (χ3n) is 3.93. The average molecular weight is 282 g/mol. The van der Waals surface area contributed by atoms with E-state index in [2.05, 4.69) is 10.2 Å². The van der Waals surface area contributed by atoms with Crippen molar-refractivity contribution in [2.24, 2.45) is 0 Å². The van der Waals surface area contributed by atoms with Gasteiger partial charge < -0.3 is 14.6 Å². The predicted molar refractivity (Wildman–Crippen MR) is 77.3 cm³/mol. The van der Waals surface area contributed by atoms with Crippen molar-refractivity contribution in [1.29, 1.82) is 0 Å². The molecule has 1 aromatic carbocycles. The molecule has 5 nitrogen and oxygen atoms in total. The van der Waals surface area contributed by atoms with Crippen molar-refractivity contribution < 1.29 is 14.0 Å². The van der Waals surface area contributed by atoms with Crippen LogP contribution in [0.5, 0.6) is 0 Å². The number of Topliss-reactive ketones (excluding diaryl/α,β-unsaturated/α-hetero) is 1. The first-order valence-electron chi connectivity index (χ1n) is 7.01. The van der Waals surface area contributed by atoms with Crippen molar-refractivity contribution in [1.82, 2.24) is 0 Å². The summed E-state index contributed by atoms with van der Waals surface area (Å²) in [6.45, 7) is 0.693. The van der Waals surface area contributed by atoms with Crippen molar-refractivity contribution in [3.8, 4) is 0 Å². The van der Waals surface area contributed by atoms with Crippen LogP contribution in [0.3, 0.4) is 0 Å². The zero-order valence-corrected chi connectivity index (χ0v) is 11.3. The molecular weight excluding hydrogens is 268 g/mol. The number of fused-ring (bicyclic) bond motifs is 1. The maximum absolute atomic E-state index is 11.6. The SMILES string of the molecule is O=C1Nc2cc(N(Cc3ccco3)C3CC3)ccc2C1=O. The number of rotatable bonds is 4. The number of benzene rings is 1. The van der Waals surface area contributed by atoms with Gasteiger partial charge in [-0.3, -0.25) is 9.59 Å². The summed E-state index contributed by atoms with van der Waals surface area (Å²) in [4.78, 5) is 25.3. The fourth-order valence-electron chi connectivity index (χ4n) is 2.70. The number of carbonyl (C=O) groups is 2. The number of furan rings is 1. The molecule has 21 heavy (non-hydrogen) atoms. The van der Waals surface area contributed by atoms with Gasteiger partial charge in [0.1, 0.15) is 5.76 Å². The van der Waals surface area contributed by atoms with Gasteiger partial charge in [-0.25, -0.2) is 0 Å². The van der Waals surface area contributed by atoms with Gasteiger partial charge >= 0.3 is 0 Å². The fourth-order valence-corrected chi connectivity index (χ4v) is 2.70. The zero-order valence-electron chi connectivity index (χ0n) is 11.3. The second kappa shape index (κ2) is 4.48. The highest BCUT2D eigenvalue weighted by Gasteiger charge is 2.32. The molecule has 1 N–H and O–H groups in total. The highest BCUT2D eigenvalue weighted by atomic mass is 16.3. The molecule has 2 heterocycles. The van der Waals surface area contributed by atoms with E-state index in [0.717, 1.165) is 24.3 Å². The molecule has 1 aromatic heterocycles. The lowest BCUT2D eigenvalue weighted by atomic mass is 10.1. The second-order valence-corrected chi connectivity index (χ2v) is 5.45. The summed E-state index contributed by atoms with van der Waals surface area (Å²) in [6, 6.07) is 9.83. The summed E-state index contributed by atoms with van der Waals surface area (Å²) < 4.78 is 5.42. The molecule has 2 aromatic rings. The van der Waals surface area contributed by atoms with E-state index < -0.39 is 11.7 Å². The molecule has 0 radical (unpaired) electrons. The van der Waals surface area contributed by atoms with Crippen LogP contribution in [0, 0.1) is 0 Å². The maximum atomic E-state index is 11.6. The molecular formula is C16H14N2O3. The molecule has 0 unspecified atom stereocenters. The van der Waals surface area contributed by atoms with Crippen LogP contribution in [0.2, 0.25) is 0 Å². The summed E-state index contributed by atoms with van der Waals surface area (Å²) in [5.74, 6) is -0.103. The highest BCUT2D eigenvalue weighted by Crippen LogP contribution is 2.36. The Morgan fingerprint density at radius 1 is 1.24 bits per heavy atom. The lowest BCUT2D eigenvalue weighted by Crippen LogP contribution is -2.24. The molecule has 1 saturated carbocycles. The highest BCUT2D eigenvalue weighted by molar-refractivity contribution is 6.51. The Morgan fingerprint density at radius 2 is 2.10 bits per heavy atom. The van der Waals surface area contributed by atoms with E-state index in [1.807, 2.05) is 24.3 Å². The van der Waals surface area contributed by atoms with Gasteiger partial charge in [0, 0.05) is 11.7 Å². The number of ketones is 1. The normalized spacial score (nSPS) is 16.8. The number of anilines is 2. The molecule has 2 aliphatic rings. The average Bonchev–Trinajstić information content (AvgIpc) is 3.12. The van der Waals surface area contributed by atoms with E-state index in [4.69, 9.17) is 4.42 Å². The van der Waals surface area contributed by atoms with Crippen LogP contribution in [0.1, 0.15) is 29.0 Å². The molecule has 106 valence electrons. The van der Waals surface area contributed by atoms with Gasteiger partial charge in [-0.2, -0.15) is 0 Å². The van der Waals surface area contributed by atoms with Crippen LogP contribution < -0.4 is 10.2 Å². The Kier molecular flexibility index (Phi) is 2.60. The number of amides is 1. The van der Waals surface area contributed by atoms with Crippen molar-refractivity contribution in [2.45, 2.75) is 25.4 Å². The monoisotopic (exact) mass is 282 g/mol. The molecule has 1 amide bonds. The number of carbonyl (C=O) groups excluding carboxylic acids is 2. The minimum Gasteiger partial charge on any atom is -0.467 e. The van der Waals surface area contributed by atoms with E-state index >= 15 is 0 Å². The molecule has 1 aliphatic carbocycles. The Labute approximate surface area is 121 Å². The third kappa shape index (κ3) is 2.11. The van der Waals surface area contributed by atoms with Gasteiger partial charge in [-0.15, -0.1) is 0 Å². The van der Waals surface area contributed by atoms with Crippen molar-refractivity contribution in [3.63, 3.8) is 0 Å². The summed E-state index contributed by atoms with van der Waals surface area (Å²) in [6.07, 6.45) is 3.98. The molecule has 0 saturated heterocycles. The largest absolute Gasteiger partial charge is 0.467 e. The molecule has 0 bridgehead atoms. The summed E-state index contributed by atoms with van der Waals surface area (Å²) >= 11 is 0. The van der Waals surface area contributed by atoms with Gasteiger partial charge in [0.25, 0.3) is 11.7 Å². The number of nitrogens with one attached hydrogen (secondary N) is 1. The predicted octanol–water partition coefficient (Wildman–Crippen LogP) is 2.58. The van der Waals surface area contributed by atoms with E-state index in [1.165, 1.54) is 0 Å². The number of nitrogens with zero attached hydrogens (tertiary/aromatic N) is 1. The summed E-state index contributed by atoms with van der Waals surface area (Å²) in [5, 5.41) is 2.62. The molecule has 1 aliphatic heterocycles. The van der Waals surface area contributed by atoms with Gasteiger partial charge in [0.2, 0.25) is 0 Å². The van der Waals surface area contributed by atoms with Crippen molar-refractivity contribution in [2.75, 3.05) is 10.2 Å². The Bertz CT molecular complexity index is 717. The molecule has 0 atom stereocenters. The summed E-state index contributed by atoms with van der Waals surface area (Å²) in [7, 11) is 0. The maximum Gasteiger partial charge on any atom is 0.296 e. The van der Waals surface area contributed by atoms with Gasteiger partial charge in [-0.1, -0.05) is 0 Å². The van der Waals surface area contributed by atoms with Crippen LogP contribution in [-0.2, 0) is 11.3 Å². The van der Waals surface area contributed by atoms with Crippen LogP contribution in [0.25, 0.3) is 0 Å². The Hall–Kier alpha value is -2.56. The van der Waals surface area contributed by atoms with E-state index in [-0.39, 0.29) is 0 Å². The van der Waals surface area contributed by atoms with Gasteiger partial charge in [0.15, 0.2) is 0 Å². The third-order valence-corrected chi connectivity index (χ3v) is 3.93. The summed E-state index contributed by atoms with van der Waals surface area (Å²) in [5.41, 5.74) is 2.06. The molecule has 4 rings (SSSR count). The quantitative estimate of drug-likeness (QED) is 0.875. The van der Waals surface area contributed by atoms with Crippen LogP contribution >= 0.6 is 0 Å². The fraction of sp³-hybridized carbons (Fsp3) is 0.250. The molecule has 0 spiro atoms. The smallest absolute Gasteiger partial charge is 0.296 e. The van der Waals surface area contributed by atoms with Gasteiger partial charge in [0.05, 0.1) is 24.1 Å². The first-order valence-corrected chi connectivity index (χ1v) is 7.01. The topological polar surface area (TPSA) is 62.6 Å². The number of hydrogen-bond acceptors (Lipinski definition) is 4. The van der Waals surface area contributed by atoms with Gasteiger partial charge in [-0.05, 0) is 43.2 Å². The Morgan fingerprint density at radius 3 is 2.81 bits per heavy atom. The van der Waals surface area contributed by atoms with Crippen LogP contribution in [0.4, 0.5) is 11.4 Å². The molecule has 1 fully saturated rings. The number of hydrogen-bond donors (Lipinski definition) is 1. The lowest BCUT2D eigenvalue weighted by molar-refractivity contribution is -0.112. The van der Waals surface area contributed by atoms with E-state index in [9.17, 15) is 9.59 Å². The second-order valence-electron chi connectivity index (χ2n) is 5.45. The minimum absolute atomic E-state index is 0.456. The Balaban J connectivity index is 1.66. The minimum atomic E-state index is -0.550. The van der Waals surface area contributed by atoms with Crippen molar-refractivity contribution in [3.05, 3.63) is 47.9 Å². The van der Waals surface area contributed by atoms with E-state index in [1.54, 1.807) is 12.3 Å². The first-order chi connectivity index (χ1) is 10.2. The first kappa shape index (κ1) is 12.2. The lowest BCUT2D eigenvalue weighted by Gasteiger charge is -2.24.